The van der Waals surface area contributed by atoms with E-state index in [4.69, 9.17) is 4.74 Å². The second kappa shape index (κ2) is 5.16. The molecule has 0 saturated heterocycles. The van der Waals surface area contributed by atoms with Crippen LogP contribution in [0.25, 0.3) is 0 Å². The molecule has 92 valence electrons. The van der Waals surface area contributed by atoms with E-state index >= 15 is 0 Å². The first-order valence-electron chi connectivity index (χ1n) is 5.83. The molecule has 0 N–H and O–H groups in total. The first-order chi connectivity index (χ1) is 8.75. The minimum absolute atomic E-state index is 0.207. The number of hydrogen-bond acceptors (Lipinski definition) is 1. The van der Waals surface area contributed by atoms with Crippen molar-refractivity contribution >= 4 is 31.9 Å². The highest BCUT2D eigenvalue weighted by Crippen LogP contribution is 2.36. The minimum Gasteiger partial charge on any atom is -0.372 e. The number of rotatable bonds is 2. The summed E-state index contributed by atoms with van der Waals surface area (Å²) in [5.41, 5.74) is 5.14. The van der Waals surface area contributed by atoms with Gasteiger partial charge in [0.15, 0.2) is 0 Å². The lowest BCUT2D eigenvalue weighted by atomic mass is 10.0. The molecule has 0 aliphatic carbocycles. The molecule has 3 heteroatoms. The lowest BCUT2D eigenvalue weighted by molar-refractivity contribution is 0.134. The molecule has 1 atom stereocenters. The van der Waals surface area contributed by atoms with E-state index in [9.17, 15) is 0 Å². The van der Waals surface area contributed by atoms with Crippen LogP contribution in [-0.4, -0.2) is 0 Å². The molecule has 2 aromatic rings. The van der Waals surface area contributed by atoms with Crippen molar-refractivity contribution in [3.05, 3.63) is 69.2 Å². The van der Waals surface area contributed by atoms with Gasteiger partial charge in [-0.2, -0.15) is 0 Å². The fourth-order valence-corrected chi connectivity index (χ4v) is 3.71. The molecule has 0 saturated carbocycles. The Morgan fingerprint density at radius 3 is 2.61 bits per heavy atom. The topological polar surface area (TPSA) is 9.23 Å². The van der Waals surface area contributed by atoms with Crippen LogP contribution in [0.1, 0.15) is 27.1 Å². The Kier molecular flexibility index (Phi) is 3.55. The maximum atomic E-state index is 5.45. The summed E-state index contributed by atoms with van der Waals surface area (Å²) >= 11 is 7.38. The molecule has 1 nitrogen and oxygen atoms in total. The van der Waals surface area contributed by atoms with E-state index in [2.05, 4.69) is 68.3 Å². The predicted octanol–water partition coefficient (Wildman–Crippen LogP) is 4.96. The lowest BCUT2D eigenvalue weighted by Gasteiger charge is -2.13. The van der Waals surface area contributed by atoms with Crippen LogP contribution in [0.3, 0.4) is 0 Å². The third-order valence-electron chi connectivity index (χ3n) is 3.22. The van der Waals surface area contributed by atoms with E-state index in [0.29, 0.717) is 0 Å². The van der Waals surface area contributed by atoms with Crippen molar-refractivity contribution in [2.45, 2.75) is 18.0 Å². The maximum Gasteiger partial charge on any atom is 0.0725 e. The molecule has 0 fully saturated rings. The fraction of sp³-hybridized carbons (Fsp3) is 0.200. The van der Waals surface area contributed by atoms with Crippen molar-refractivity contribution in [1.82, 2.24) is 0 Å². The Hall–Kier alpha value is -0.640. The van der Waals surface area contributed by atoms with Crippen LogP contribution in [0.15, 0.2) is 46.9 Å². The molecule has 1 aliphatic rings. The quantitative estimate of drug-likeness (QED) is 0.681. The zero-order chi connectivity index (χ0) is 12.5. The molecular formula is C15H12Br2O. The number of hydrogen-bond donors (Lipinski definition) is 0. The second-order valence-electron chi connectivity index (χ2n) is 4.41. The van der Waals surface area contributed by atoms with E-state index in [1.54, 1.807) is 0 Å². The Balaban J connectivity index is 1.98. The van der Waals surface area contributed by atoms with Crippen LogP contribution in [0, 0.1) is 0 Å². The first kappa shape index (κ1) is 12.4. The summed E-state index contributed by atoms with van der Waals surface area (Å²) in [7, 11) is 0. The highest BCUT2D eigenvalue weighted by Gasteiger charge is 2.17. The van der Waals surface area contributed by atoms with Gasteiger partial charge < -0.3 is 4.74 Å². The van der Waals surface area contributed by atoms with Crippen LogP contribution >= 0.6 is 31.9 Å². The number of fused-ring (bicyclic) bond motifs is 1. The maximum absolute atomic E-state index is 5.45. The van der Waals surface area contributed by atoms with Crippen LogP contribution in [0.4, 0.5) is 0 Å². The summed E-state index contributed by atoms with van der Waals surface area (Å²) in [4.78, 5) is 0.207. The van der Waals surface area contributed by atoms with Gasteiger partial charge in [0.2, 0.25) is 0 Å². The van der Waals surface area contributed by atoms with Gasteiger partial charge in [0.1, 0.15) is 0 Å². The number of alkyl halides is 1. The van der Waals surface area contributed by atoms with Gasteiger partial charge in [-0.3, -0.25) is 0 Å². The molecule has 2 aromatic carbocycles. The van der Waals surface area contributed by atoms with Crippen molar-refractivity contribution in [2.24, 2.45) is 0 Å². The molecule has 0 bridgehead atoms. The highest BCUT2D eigenvalue weighted by atomic mass is 79.9. The minimum atomic E-state index is 0.207. The summed E-state index contributed by atoms with van der Waals surface area (Å²) in [6, 6.07) is 14.9. The molecule has 0 radical (unpaired) electrons. The van der Waals surface area contributed by atoms with E-state index < -0.39 is 0 Å². The van der Waals surface area contributed by atoms with Crippen molar-refractivity contribution in [1.29, 1.82) is 0 Å². The smallest absolute Gasteiger partial charge is 0.0725 e. The van der Waals surface area contributed by atoms with Crippen molar-refractivity contribution in [3.63, 3.8) is 0 Å². The normalized spacial score (nSPS) is 15.4. The molecule has 0 spiro atoms. The van der Waals surface area contributed by atoms with E-state index in [1.807, 2.05) is 6.07 Å². The van der Waals surface area contributed by atoms with Crippen LogP contribution in [-0.2, 0) is 18.0 Å². The summed E-state index contributed by atoms with van der Waals surface area (Å²) in [6.07, 6.45) is 0. The molecule has 1 heterocycles. The molecule has 0 aromatic heterocycles. The third-order valence-corrected chi connectivity index (χ3v) is 4.96. The zero-order valence-corrected chi connectivity index (χ0v) is 12.9. The van der Waals surface area contributed by atoms with Crippen molar-refractivity contribution in [2.75, 3.05) is 0 Å². The van der Waals surface area contributed by atoms with Gasteiger partial charge in [0.25, 0.3) is 0 Å². The summed E-state index contributed by atoms with van der Waals surface area (Å²) in [6.45, 7) is 1.48. The average molecular weight is 368 g/mol. The molecule has 0 amide bonds. The van der Waals surface area contributed by atoms with Gasteiger partial charge in [0, 0.05) is 4.47 Å². The van der Waals surface area contributed by atoms with Crippen molar-refractivity contribution < 1.29 is 4.74 Å². The molecular weight excluding hydrogens is 356 g/mol. The predicted molar refractivity (Wildman–Crippen MR) is 79.8 cm³/mol. The molecule has 18 heavy (non-hydrogen) atoms. The average Bonchev–Trinajstić information content (AvgIpc) is 2.85. The highest BCUT2D eigenvalue weighted by molar-refractivity contribution is 9.11. The van der Waals surface area contributed by atoms with Gasteiger partial charge in [-0.25, -0.2) is 0 Å². The Morgan fingerprint density at radius 1 is 1.00 bits per heavy atom. The van der Waals surface area contributed by atoms with Gasteiger partial charge in [-0.05, 0) is 28.3 Å². The van der Waals surface area contributed by atoms with E-state index in [1.165, 1.54) is 22.3 Å². The van der Waals surface area contributed by atoms with E-state index in [-0.39, 0.29) is 4.83 Å². The Bertz CT molecular complexity index is 580. The number of ether oxygens (including phenoxy) is 1. The second-order valence-corrected chi connectivity index (χ2v) is 6.18. The largest absolute Gasteiger partial charge is 0.372 e. The Morgan fingerprint density at radius 2 is 1.78 bits per heavy atom. The van der Waals surface area contributed by atoms with Crippen molar-refractivity contribution in [3.8, 4) is 0 Å². The standard InChI is InChI=1S/C15H12Br2O/c16-14-4-2-1-3-13(14)15(17)10-5-6-11-8-18-9-12(11)7-10/h1-7,15H,8-9H2. The summed E-state index contributed by atoms with van der Waals surface area (Å²) in [5.74, 6) is 0. The molecule has 1 aliphatic heterocycles. The van der Waals surface area contributed by atoms with Crippen LogP contribution < -0.4 is 0 Å². The summed E-state index contributed by atoms with van der Waals surface area (Å²) < 4.78 is 6.58. The van der Waals surface area contributed by atoms with E-state index in [0.717, 1.165) is 17.7 Å². The Labute approximate surface area is 123 Å². The monoisotopic (exact) mass is 366 g/mol. The molecule has 3 rings (SSSR count). The number of benzene rings is 2. The van der Waals surface area contributed by atoms with Crippen LogP contribution in [0.5, 0.6) is 0 Å². The SMILES string of the molecule is Brc1ccccc1C(Br)c1ccc2c(c1)COC2. The first-order valence-corrected chi connectivity index (χ1v) is 7.54. The summed E-state index contributed by atoms with van der Waals surface area (Å²) in [5, 5.41) is 0. The fourth-order valence-electron chi connectivity index (χ4n) is 2.21. The van der Waals surface area contributed by atoms with Gasteiger partial charge in [-0.1, -0.05) is 68.3 Å². The molecule has 1 unspecified atom stereocenters. The lowest BCUT2D eigenvalue weighted by Crippen LogP contribution is -1.95. The third kappa shape index (κ3) is 2.27. The zero-order valence-electron chi connectivity index (χ0n) is 9.70. The van der Waals surface area contributed by atoms with Gasteiger partial charge in [0.05, 0.1) is 18.0 Å². The number of halogens is 2. The van der Waals surface area contributed by atoms with Gasteiger partial charge in [-0.15, -0.1) is 0 Å². The van der Waals surface area contributed by atoms with Gasteiger partial charge >= 0.3 is 0 Å². The van der Waals surface area contributed by atoms with Crippen LogP contribution in [0.2, 0.25) is 0 Å².